The lowest BCUT2D eigenvalue weighted by Gasteiger charge is -2.22. The Balaban J connectivity index is 0.00000341. The van der Waals surface area contributed by atoms with Crippen LogP contribution in [0.3, 0.4) is 0 Å². The fraction of sp³-hybridized carbons (Fsp3) is 0.300. The number of halogens is 4. The number of carbonyl (C=O) groups excluding carboxylic acids is 1. The number of amides is 1. The molecule has 1 heterocycles. The van der Waals surface area contributed by atoms with Gasteiger partial charge < -0.3 is 14.4 Å². The Morgan fingerprint density at radius 2 is 1.71 bits per heavy atom. The van der Waals surface area contributed by atoms with E-state index in [0.717, 1.165) is 11.3 Å². The molecule has 0 aliphatic heterocycles. The highest BCUT2D eigenvalue weighted by atomic mass is 35.5. The first-order chi connectivity index (χ1) is 14.2. The smallest absolute Gasteiger partial charge is 0.497 e. The molecule has 11 heteroatoms. The number of carbonyl (C=O) groups is 1. The number of ether oxygens (including phenoxy) is 2. The van der Waals surface area contributed by atoms with Crippen LogP contribution >= 0.6 is 23.7 Å². The zero-order chi connectivity index (χ0) is 21.9. The van der Waals surface area contributed by atoms with Gasteiger partial charge in [-0.25, -0.2) is 4.98 Å². The maximum Gasteiger partial charge on any atom is 0.573 e. The molecule has 0 fully saturated rings. The minimum Gasteiger partial charge on any atom is -0.497 e. The highest BCUT2D eigenvalue weighted by Crippen LogP contribution is 2.34. The first kappa shape index (κ1) is 24.7. The van der Waals surface area contributed by atoms with Gasteiger partial charge in [0.1, 0.15) is 11.5 Å². The standard InChI is InChI=1S/C20H20F3N3O3S.ClH/c1-25(2)10-11-26(18(27)13-4-6-14(28-3)7-5-13)19-24-16-9-8-15(12-17(16)30-19)29-20(21,22)23;/h4-9,12H,10-11H2,1-3H3;1H. The Morgan fingerprint density at radius 1 is 1.06 bits per heavy atom. The summed E-state index contributed by atoms with van der Waals surface area (Å²) < 4.78 is 47.1. The third-order valence-corrected chi connectivity index (χ3v) is 5.21. The highest BCUT2D eigenvalue weighted by molar-refractivity contribution is 7.22. The molecular weight excluding hydrogens is 455 g/mol. The fourth-order valence-corrected chi connectivity index (χ4v) is 3.70. The zero-order valence-electron chi connectivity index (χ0n) is 17.0. The maximum absolute atomic E-state index is 13.1. The van der Waals surface area contributed by atoms with Crippen molar-refractivity contribution in [2.24, 2.45) is 0 Å². The van der Waals surface area contributed by atoms with Gasteiger partial charge in [-0.1, -0.05) is 11.3 Å². The van der Waals surface area contributed by atoms with Gasteiger partial charge in [0.05, 0.1) is 17.3 Å². The topological polar surface area (TPSA) is 54.9 Å². The quantitative estimate of drug-likeness (QED) is 0.489. The Morgan fingerprint density at radius 3 is 2.29 bits per heavy atom. The van der Waals surface area contributed by atoms with Gasteiger partial charge in [0.15, 0.2) is 5.13 Å². The summed E-state index contributed by atoms with van der Waals surface area (Å²) in [5, 5.41) is 0.400. The normalized spacial score (nSPS) is 11.3. The molecule has 1 aromatic heterocycles. The van der Waals surface area contributed by atoms with Gasteiger partial charge in [0, 0.05) is 24.7 Å². The van der Waals surface area contributed by atoms with Crippen LogP contribution in [0.25, 0.3) is 10.2 Å². The summed E-state index contributed by atoms with van der Waals surface area (Å²) in [6.45, 7) is 0.948. The van der Waals surface area contributed by atoms with Crippen molar-refractivity contribution >= 4 is 45.0 Å². The molecule has 3 rings (SSSR count). The molecule has 0 bridgehead atoms. The number of thiazole rings is 1. The van der Waals surface area contributed by atoms with Gasteiger partial charge in [0.2, 0.25) is 0 Å². The number of hydrogen-bond acceptors (Lipinski definition) is 6. The Kier molecular flexibility index (Phi) is 8.10. The lowest BCUT2D eigenvalue weighted by atomic mass is 10.2. The number of fused-ring (bicyclic) bond motifs is 1. The van der Waals surface area contributed by atoms with E-state index in [0.29, 0.717) is 39.8 Å². The second kappa shape index (κ2) is 10.2. The van der Waals surface area contributed by atoms with Crippen LogP contribution in [0.4, 0.5) is 18.3 Å². The van der Waals surface area contributed by atoms with Crippen molar-refractivity contribution in [2.45, 2.75) is 6.36 Å². The monoisotopic (exact) mass is 475 g/mol. The summed E-state index contributed by atoms with van der Waals surface area (Å²) in [4.78, 5) is 21.1. The summed E-state index contributed by atoms with van der Waals surface area (Å²) in [6.07, 6.45) is -4.77. The number of likely N-dealkylation sites (N-methyl/N-ethyl adjacent to an activating group) is 1. The molecule has 0 saturated carbocycles. The van der Waals surface area contributed by atoms with Crippen molar-refractivity contribution in [2.75, 3.05) is 39.2 Å². The molecule has 168 valence electrons. The van der Waals surface area contributed by atoms with Crippen molar-refractivity contribution in [3.8, 4) is 11.5 Å². The third kappa shape index (κ3) is 6.46. The second-order valence-electron chi connectivity index (χ2n) is 6.66. The van der Waals surface area contributed by atoms with Crippen LogP contribution in [0, 0.1) is 0 Å². The van der Waals surface area contributed by atoms with E-state index in [1.165, 1.54) is 30.2 Å². The van der Waals surface area contributed by atoms with Crippen LogP contribution in [0.1, 0.15) is 10.4 Å². The highest BCUT2D eigenvalue weighted by Gasteiger charge is 2.31. The molecular formula is C20H21ClF3N3O3S. The van der Waals surface area contributed by atoms with E-state index in [9.17, 15) is 18.0 Å². The van der Waals surface area contributed by atoms with E-state index in [4.69, 9.17) is 4.74 Å². The van der Waals surface area contributed by atoms with Gasteiger partial charge in [-0.2, -0.15) is 0 Å². The van der Waals surface area contributed by atoms with Crippen LogP contribution in [0.15, 0.2) is 42.5 Å². The van der Waals surface area contributed by atoms with Crippen LogP contribution < -0.4 is 14.4 Å². The van der Waals surface area contributed by atoms with E-state index in [2.05, 4.69) is 9.72 Å². The minimum atomic E-state index is -4.77. The summed E-state index contributed by atoms with van der Waals surface area (Å²) in [7, 11) is 5.31. The lowest BCUT2D eigenvalue weighted by Crippen LogP contribution is -2.36. The molecule has 0 aliphatic rings. The van der Waals surface area contributed by atoms with Gasteiger partial charge in [-0.3, -0.25) is 9.69 Å². The molecule has 0 N–H and O–H groups in total. The molecule has 0 atom stereocenters. The molecule has 0 spiro atoms. The molecule has 0 unspecified atom stereocenters. The lowest BCUT2D eigenvalue weighted by molar-refractivity contribution is -0.274. The van der Waals surface area contributed by atoms with Crippen LogP contribution in [0.2, 0.25) is 0 Å². The molecule has 6 nitrogen and oxygen atoms in total. The van der Waals surface area contributed by atoms with Gasteiger partial charge >= 0.3 is 6.36 Å². The van der Waals surface area contributed by atoms with Crippen molar-refractivity contribution in [3.05, 3.63) is 48.0 Å². The Hall–Kier alpha value is -2.56. The average molecular weight is 476 g/mol. The van der Waals surface area contributed by atoms with Crippen LogP contribution in [-0.2, 0) is 0 Å². The minimum absolute atomic E-state index is 0. The average Bonchev–Trinajstić information content (AvgIpc) is 3.09. The molecule has 0 radical (unpaired) electrons. The molecule has 2 aromatic carbocycles. The fourth-order valence-electron chi connectivity index (χ4n) is 2.68. The number of aromatic nitrogens is 1. The summed E-state index contributed by atoms with van der Waals surface area (Å²) in [5.74, 6) is 0.0421. The van der Waals surface area contributed by atoms with Gasteiger partial charge in [0.25, 0.3) is 5.91 Å². The van der Waals surface area contributed by atoms with Gasteiger partial charge in [-0.15, -0.1) is 25.6 Å². The number of rotatable bonds is 7. The third-order valence-electron chi connectivity index (χ3n) is 4.17. The molecule has 0 aliphatic carbocycles. The van der Waals surface area contributed by atoms with E-state index in [1.807, 2.05) is 19.0 Å². The van der Waals surface area contributed by atoms with Crippen molar-refractivity contribution in [1.82, 2.24) is 9.88 Å². The Bertz CT molecular complexity index is 1030. The van der Waals surface area contributed by atoms with Crippen molar-refractivity contribution < 1.29 is 27.4 Å². The van der Waals surface area contributed by atoms with Crippen LogP contribution in [0.5, 0.6) is 11.5 Å². The number of anilines is 1. The maximum atomic E-state index is 13.1. The summed E-state index contributed by atoms with van der Waals surface area (Å²) in [6, 6.07) is 10.6. The first-order valence-electron chi connectivity index (χ1n) is 8.93. The summed E-state index contributed by atoms with van der Waals surface area (Å²) in [5.41, 5.74) is 0.941. The van der Waals surface area contributed by atoms with Crippen molar-refractivity contribution in [1.29, 1.82) is 0 Å². The van der Waals surface area contributed by atoms with E-state index < -0.39 is 6.36 Å². The van der Waals surface area contributed by atoms with Crippen LogP contribution in [-0.4, -0.2) is 56.4 Å². The SMILES string of the molecule is COc1ccc(C(=O)N(CCN(C)C)c2nc3ccc(OC(F)(F)F)cc3s2)cc1.Cl. The number of hydrogen-bond donors (Lipinski definition) is 0. The molecule has 3 aromatic rings. The number of nitrogens with zero attached hydrogens (tertiary/aromatic N) is 3. The zero-order valence-corrected chi connectivity index (χ0v) is 18.6. The van der Waals surface area contributed by atoms with E-state index >= 15 is 0 Å². The van der Waals surface area contributed by atoms with E-state index in [-0.39, 0.29) is 24.1 Å². The largest absolute Gasteiger partial charge is 0.573 e. The molecule has 0 saturated heterocycles. The molecule has 1 amide bonds. The predicted molar refractivity (Wildman–Crippen MR) is 117 cm³/mol. The number of alkyl halides is 3. The predicted octanol–water partition coefficient (Wildman–Crippen LogP) is 4.83. The second-order valence-corrected chi connectivity index (χ2v) is 7.67. The van der Waals surface area contributed by atoms with E-state index in [1.54, 1.807) is 24.3 Å². The molecule has 31 heavy (non-hydrogen) atoms. The number of methoxy groups -OCH3 is 1. The van der Waals surface area contributed by atoms with Gasteiger partial charge in [-0.05, 0) is 50.5 Å². The first-order valence-corrected chi connectivity index (χ1v) is 9.75. The summed E-state index contributed by atoms with van der Waals surface area (Å²) >= 11 is 1.13. The number of benzene rings is 2. The van der Waals surface area contributed by atoms with Crippen molar-refractivity contribution in [3.63, 3.8) is 0 Å². The Labute approximate surface area is 187 Å².